The van der Waals surface area contributed by atoms with E-state index in [1.165, 1.54) is 4.90 Å². The van der Waals surface area contributed by atoms with E-state index in [0.29, 0.717) is 49.0 Å². The Balaban J connectivity index is 1.70. The number of anilines is 1. The van der Waals surface area contributed by atoms with Crippen LogP contribution >= 0.6 is 0 Å². The molecule has 3 rings (SSSR count). The molecule has 1 fully saturated rings. The SMILES string of the molecule is C#CCn1cnc2c(N)nc(C#CCC3CCN(C(=O)O)CC3)nc21. The number of amides is 1. The molecule has 2 aromatic rings. The maximum absolute atomic E-state index is 10.9. The van der Waals surface area contributed by atoms with Gasteiger partial charge in [-0.25, -0.2) is 19.7 Å². The van der Waals surface area contributed by atoms with Gasteiger partial charge in [-0.05, 0) is 24.7 Å². The molecule has 8 heteroatoms. The fourth-order valence-electron chi connectivity index (χ4n) is 2.84. The van der Waals surface area contributed by atoms with Gasteiger partial charge in [-0.15, -0.1) is 6.42 Å². The van der Waals surface area contributed by atoms with Crippen LogP contribution in [0.15, 0.2) is 6.33 Å². The standard InChI is InChI=1S/C17H18N6O2/c1-2-8-23-11-19-14-15(18)20-13(21-16(14)23)5-3-4-12-6-9-22(10-7-12)17(24)25/h1,11-12H,4,6-10H2,(H,24,25)(H2,18,20,21). The number of imidazole rings is 1. The maximum atomic E-state index is 10.9. The Morgan fingerprint density at radius 1 is 1.40 bits per heavy atom. The van der Waals surface area contributed by atoms with Crippen LogP contribution in [0.25, 0.3) is 11.2 Å². The number of fused-ring (bicyclic) bond motifs is 1. The molecule has 0 aliphatic carbocycles. The van der Waals surface area contributed by atoms with Crippen molar-refractivity contribution in [1.29, 1.82) is 0 Å². The van der Waals surface area contributed by atoms with Crippen LogP contribution in [0.4, 0.5) is 10.6 Å². The van der Waals surface area contributed by atoms with Gasteiger partial charge in [0.05, 0.1) is 12.9 Å². The highest BCUT2D eigenvalue weighted by atomic mass is 16.4. The first-order chi connectivity index (χ1) is 12.1. The Kier molecular flexibility index (Phi) is 4.71. The van der Waals surface area contributed by atoms with Gasteiger partial charge in [-0.3, -0.25) is 0 Å². The second-order valence-corrected chi connectivity index (χ2v) is 5.90. The summed E-state index contributed by atoms with van der Waals surface area (Å²) >= 11 is 0. The lowest BCUT2D eigenvalue weighted by atomic mass is 9.94. The molecule has 8 nitrogen and oxygen atoms in total. The molecule has 3 N–H and O–H groups in total. The smallest absolute Gasteiger partial charge is 0.407 e. The van der Waals surface area contributed by atoms with Crippen molar-refractivity contribution in [3.05, 3.63) is 12.2 Å². The van der Waals surface area contributed by atoms with Gasteiger partial charge in [0.2, 0.25) is 5.82 Å². The number of nitrogens with two attached hydrogens (primary N) is 1. The predicted molar refractivity (Wildman–Crippen MR) is 92.4 cm³/mol. The molecule has 0 bridgehead atoms. The quantitative estimate of drug-likeness (QED) is 0.796. The van der Waals surface area contributed by atoms with E-state index in [0.717, 1.165) is 12.8 Å². The zero-order chi connectivity index (χ0) is 17.8. The number of carbonyl (C=O) groups is 1. The molecule has 1 aliphatic heterocycles. The minimum atomic E-state index is -0.856. The number of terminal acetylenes is 1. The number of carboxylic acid groups (broad SMARTS) is 1. The second-order valence-electron chi connectivity index (χ2n) is 5.90. The highest BCUT2D eigenvalue weighted by molar-refractivity contribution is 5.82. The normalized spacial score (nSPS) is 14.8. The van der Waals surface area contributed by atoms with Crippen molar-refractivity contribution in [3.8, 4) is 24.2 Å². The van der Waals surface area contributed by atoms with Gasteiger partial charge in [0.25, 0.3) is 0 Å². The van der Waals surface area contributed by atoms with Crippen LogP contribution in [0.1, 0.15) is 25.1 Å². The summed E-state index contributed by atoms with van der Waals surface area (Å²) < 4.78 is 1.72. The lowest BCUT2D eigenvalue weighted by Gasteiger charge is -2.28. The molecule has 128 valence electrons. The largest absolute Gasteiger partial charge is 0.465 e. The number of piperidine rings is 1. The average Bonchev–Trinajstić information content (AvgIpc) is 2.99. The molecular formula is C17H18N6O2. The Bertz CT molecular complexity index is 893. The van der Waals surface area contributed by atoms with E-state index in [-0.39, 0.29) is 5.82 Å². The molecule has 0 radical (unpaired) electrons. The van der Waals surface area contributed by atoms with Crippen molar-refractivity contribution in [2.24, 2.45) is 5.92 Å². The van der Waals surface area contributed by atoms with Crippen molar-refractivity contribution in [2.75, 3.05) is 18.8 Å². The van der Waals surface area contributed by atoms with E-state index < -0.39 is 6.09 Å². The van der Waals surface area contributed by atoms with Crippen LogP contribution in [0.5, 0.6) is 0 Å². The minimum absolute atomic E-state index is 0.278. The summed E-state index contributed by atoms with van der Waals surface area (Å²) in [6.07, 6.45) is 8.38. The number of aromatic nitrogens is 4. The summed E-state index contributed by atoms with van der Waals surface area (Å²) in [7, 11) is 0. The number of likely N-dealkylation sites (tertiary alicyclic amines) is 1. The molecule has 1 amide bonds. The maximum Gasteiger partial charge on any atom is 0.407 e. The summed E-state index contributed by atoms with van der Waals surface area (Å²) in [5, 5.41) is 8.95. The predicted octanol–water partition coefficient (Wildman–Crippen LogP) is 1.17. The van der Waals surface area contributed by atoms with E-state index in [2.05, 4.69) is 32.7 Å². The average molecular weight is 338 g/mol. The number of nitrogen functional groups attached to an aromatic ring is 1. The molecule has 0 spiro atoms. The third-order valence-corrected chi connectivity index (χ3v) is 4.23. The Hall–Kier alpha value is -3.26. The van der Waals surface area contributed by atoms with Gasteiger partial charge in [-0.1, -0.05) is 11.8 Å². The molecule has 25 heavy (non-hydrogen) atoms. The third kappa shape index (κ3) is 3.64. The van der Waals surface area contributed by atoms with Gasteiger partial charge in [0.1, 0.15) is 5.52 Å². The Morgan fingerprint density at radius 3 is 2.84 bits per heavy atom. The molecule has 3 heterocycles. The van der Waals surface area contributed by atoms with Gasteiger partial charge in [0, 0.05) is 19.5 Å². The van der Waals surface area contributed by atoms with Crippen molar-refractivity contribution in [1.82, 2.24) is 24.4 Å². The lowest BCUT2D eigenvalue weighted by Crippen LogP contribution is -2.37. The summed E-state index contributed by atoms with van der Waals surface area (Å²) in [5.74, 6) is 9.57. The Morgan fingerprint density at radius 2 is 2.16 bits per heavy atom. The van der Waals surface area contributed by atoms with E-state index in [1.54, 1.807) is 10.9 Å². The third-order valence-electron chi connectivity index (χ3n) is 4.23. The minimum Gasteiger partial charge on any atom is -0.465 e. The van der Waals surface area contributed by atoms with Crippen molar-refractivity contribution < 1.29 is 9.90 Å². The topological polar surface area (TPSA) is 110 Å². The van der Waals surface area contributed by atoms with Crippen molar-refractivity contribution in [2.45, 2.75) is 25.8 Å². The number of hydrogen-bond donors (Lipinski definition) is 2. The van der Waals surface area contributed by atoms with Gasteiger partial charge in [0.15, 0.2) is 11.5 Å². The highest BCUT2D eigenvalue weighted by Crippen LogP contribution is 2.20. The van der Waals surface area contributed by atoms with Crippen molar-refractivity contribution >= 4 is 23.1 Å². The van der Waals surface area contributed by atoms with Crippen LogP contribution in [0.3, 0.4) is 0 Å². The summed E-state index contributed by atoms with van der Waals surface area (Å²) in [4.78, 5) is 25.1. The van der Waals surface area contributed by atoms with Gasteiger partial charge < -0.3 is 20.3 Å². The fourth-order valence-corrected chi connectivity index (χ4v) is 2.84. The first-order valence-corrected chi connectivity index (χ1v) is 7.97. The molecule has 0 aromatic carbocycles. The van der Waals surface area contributed by atoms with Crippen LogP contribution in [-0.2, 0) is 6.54 Å². The molecular weight excluding hydrogens is 320 g/mol. The van der Waals surface area contributed by atoms with Crippen LogP contribution in [0.2, 0.25) is 0 Å². The number of hydrogen-bond acceptors (Lipinski definition) is 5. The summed E-state index contributed by atoms with van der Waals surface area (Å²) in [6, 6.07) is 0. The van der Waals surface area contributed by atoms with Crippen molar-refractivity contribution in [3.63, 3.8) is 0 Å². The zero-order valence-electron chi connectivity index (χ0n) is 13.6. The number of nitrogens with zero attached hydrogens (tertiary/aromatic N) is 5. The van der Waals surface area contributed by atoms with E-state index in [9.17, 15) is 4.79 Å². The fraction of sp³-hybridized carbons (Fsp3) is 0.412. The monoisotopic (exact) mass is 338 g/mol. The van der Waals surface area contributed by atoms with Crippen LogP contribution in [-0.4, -0.2) is 48.7 Å². The summed E-state index contributed by atoms with van der Waals surface area (Å²) in [6.45, 7) is 1.46. The Labute approximate surface area is 145 Å². The molecule has 0 unspecified atom stereocenters. The second kappa shape index (κ2) is 7.10. The molecule has 1 saturated heterocycles. The number of rotatable bonds is 2. The zero-order valence-corrected chi connectivity index (χ0v) is 13.6. The van der Waals surface area contributed by atoms with Crippen LogP contribution < -0.4 is 5.73 Å². The van der Waals surface area contributed by atoms with Gasteiger partial charge in [-0.2, -0.15) is 0 Å². The highest BCUT2D eigenvalue weighted by Gasteiger charge is 2.21. The first-order valence-electron chi connectivity index (χ1n) is 7.97. The van der Waals surface area contributed by atoms with E-state index >= 15 is 0 Å². The molecule has 2 aromatic heterocycles. The molecule has 1 aliphatic rings. The summed E-state index contributed by atoms with van der Waals surface area (Å²) in [5.41, 5.74) is 7.01. The van der Waals surface area contributed by atoms with Crippen LogP contribution in [0, 0.1) is 30.1 Å². The van der Waals surface area contributed by atoms with E-state index in [4.69, 9.17) is 17.3 Å². The van der Waals surface area contributed by atoms with E-state index in [1.807, 2.05) is 0 Å². The first kappa shape index (κ1) is 16.6. The molecule has 0 atom stereocenters. The lowest BCUT2D eigenvalue weighted by molar-refractivity contribution is 0.125. The molecule has 0 saturated carbocycles. The van der Waals surface area contributed by atoms with Gasteiger partial charge >= 0.3 is 6.09 Å².